The summed E-state index contributed by atoms with van der Waals surface area (Å²) in [5.41, 5.74) is 4.68. The van der Waals surface area contributed by atoms with Crippen LogP contribution in [0.1, 0.15) is 57.7 Å². The Morgan fingerprint density at radius 1 is 0.933 bits per heavy atom. The van der Waals surface area contributed by atoms with Gasteiger partial charge in [0.15, 0.2) is 0 Å². The Labute approximate surface area is 95.7 Å². The first-order valence-corrected chi connectivity index (χ1v) is 6.51. The molecule has 0 heteroatoms. The molecule has 0 aliphatic heterocycles. The fourth-order valence-electron chi connectivity index (χ4n) is 1.85. The van der Waals surface area contributed by atoms with Crippen LogP contribution >= 0.6 is 0 Å². The first-order valence-electron chi connectivity index (χ1n) is 6.51. The second-order valence-corrected chi connectivity index (χ2v) is 3.31. The minimum Gasteiger partial charge on any atom is -0.0683 e. The Hall–Kier alpha value is -0.780. The topological polar surface area (TPSA) is 0 Å². The van der Waals surface area contributed by atoms with Crippen molar-refractivity contribution in [3.05, 3.63) is 34.9 Å². The summed E-state index contributed by atoms with van der Waals surface area (Å²) in [4.78, 5) is 0. The molecule has 86 valence electrons. The Morgan fingerprint density at radius 3 is 2.13 bits per heavy atom. The molecule has 0 bridgehead atoms. The van der Waals surface area contributed by atoms with Crippen LogP contribution in [0.4, 0.5) is 0 Å². The molecule has 0 atom stereocenters. The second-order valence-electron chi connectivity index (χ2n) is 3.31. The molecule has 15 heavy (non-hydrogen) atoms. The van der Waals surface area contributed by atoms with Gasteiger partial charge in [0.25, 0.3) is 0 Å². The highest BCUT2D eigenvalue weighted by atomic mass is 14.1. The van der Waals surface area contributed by atoms with Gasteiger partial charge < -0.3 is 0 Å². The lowest BCUT2D eigenvalue weighted by molar-refractivity contribution is 0.911. The summed E-state index contributed by atoms with van der Waals surface area (Å²) >= 11 is 0. The van der Waals surface area contributed by atoms with Gasteiger partial charge in [-0.05, 0) is 42.4 Å². The molecule has 0 spiro atoms. The van der Waals surface area contributed by atoms with E-state index in [-0.39, 0.29) is 0 Å². The van der Waals surface area contributed by atoms with E-state index in [0.717, 1.165) is 0 Å². The van der Waals surface area contributed by atoms with Gasteiger partial charge in [0, 0.05) is 0 Å². The predicted octanol–water partition coefficient (Wildman–Crippen LogP) is 4.79. The normalized spacial score (nSPS) is 11.8. The highest BCUT2D eigenvalue weighted by molar-refractivity contribution is 5.35. The summed E-state index contributed by atoms with van der Waals surface area (Å²) in [5.74, 6) is 0. The van der Waals surface area contributed by atoms with Gasteiger partial charge in [-0.1, -0.05) is 52.8 Å². The van der Waals surface area contributed by atoms with Crippen LogP contribution in [0.15, 0.2) is 18.2 Å². The minimum absolute atomic E-state index is 1.17. The molecule has 0 saturated heterocycles. The molecule has 2 rings (SSSR count). The van der Waals surface area contributed by atoms with Crippen LogP contribution in [0, 0.1) is 0 Å². The van der Waals surface area contributed by atoms with Gasteiger partial charge in [-0.25, -0.2) is 0 Å². The predicted molar refractivity (Wildman–Crippen MR) is 70.5 cm³/mol. The highest BCUT2D eigenvalue weighted by Crippen LogP contribution is 2.22. The van der Waals surface area contributed by atoms with E-state index in [0.29, 0.717) is 0 Å². The van der Waals surface area contributed by atoms with Crippen LogP contribution in [0.25, 0.3) is 0 Å². The van der Waals surface area contributed by atoms with Gasteiger partial charge in [0.05, 0.1) is 0 Å². The van der Waals surface area contributed by atoms with Crippen LogP contribution in [0.2, 0.25) is 0 Å². The highest BCUT2D eigenvalue weighted by Gasteiger charge is 2.09. The van der Waals surface area contributed by atoms with E-state index in [2.05, 4.69) is 25.1 Å². The molecule has 0 unspecified atom stereocenters. The van der Waals surface area contributed by atoms with Gasteiger partial charge in [0.2, 0.25) is 0 Å². The first kappa shape index (κ1) is 14.2. The van der Waals surface area contributed by atoms with E-state index in [4.69, 9.17) is 0 Å². The van der Waals surface area contributed by atoms with Gasteiger partial charge in [-0.2, -0.15) is 0 Å². The summed E-state index contributed by atoms with van der Waals surface area (Å²) < 4.78 is 0. The van der Waals surface area contributed by atoms with Gasteiger partial charge in [-0.3, -0.25) is 0 Å². The standard InChI is InChI=1S/C11H14.2C2H6/c1-2-9-6-7-10-4-3-5-11(10)8-9;2*1-2/h6-8H,2-5H2,1H3;2*1-2H3. The maximum Gasteiger partial charge on any atom is -0.0273 e. The smallest absolute Gasteiger partial charge is 0.0273 e. The van der Waals surface area contributed by atoms with E-state index < -0.39 is 0 Å². The number of hydrogen-bond acceptors (Lipinski definition) is 0. The quantitative estimate of drug-likeness (QED) is 0.619. The number of fused-ring (bicyclic) bond motifs is 1. The molecule has 0 radical (unpaired) electrons. The Bertz CT molecular complexity index is 261. The summed E-state index contributed by atoms with van der Waals surface area (Å²) in [6.45, 7) is 10.2. The van der Waals surface area contributed by atoms with Crippen molar-refractivity contribution in [3.8, 4) is 0 Å². The summed E-state index contributed by atoms with van der Waals surface area (Å²) in [6, 6.07) is 6.95. The molecular formula is C15H26. The Morgan fingerprint density at radius 2 is 1.53 bits per heavy atom. The third kappa shape index (κ3) is 4.07. The van der Waals surface area contributed by atoms with Crippen molar-refractivity contribution in [2.75, 3.05) is 0 Å². The SMILES string of the molecule is CC.CC.CCc1ccc2c(c1)CCC2. The van der Waals surface area contributed by atoms with Crippen molar-refractivity contribution < 1.29 is 0 Å². The summed E-state index contributed by atoms with van der Waals surface area (Å²) in [5, 5.41) is 0. The monoisotopic (exact) mass is 206 g/mol. The molecule has 1 aliphatic carbocycles. The average Bonchev–Trinajstić information content (AvgIpc) is 2.81. The van der Waals surface area contributed by atoms with E-state index >= 15 is 0 Å². The molecule has 0 N–H and O–H groups in total. The lowest BCUT2D eigenvalue weighted by Crippen LogP contribution is -1.85. The third-order valence-electron chi connectivity index (χ3n) is 2.57. The van der Waals surface area contributed by atoms with Gasteiger partial charge >= 0.3 is 0 Å². The molecule has 0 heterocycles. The van der Waals surface area contributed by atoms with E-state index in [1.807, 2.05) is 27.7 Å². The molecule has 1 aliphatic rings. The number of benzene rings is 1. The lowest BCUT2D eigenvalue weighted by Gasteiger charge is -2.00. The van der Waals surface area contributed by atoms with E-state index in [1.165, 1.54) is 31.2 Å². The van der Waals surface area contributed by atoms with Crippen molar-refractivity contribution in [1.82, 2.24) is 0 Å². The Kier molecular flexibility index (Phi) is 8.08. The second kappa shape index (κ2) is 8.52. The molecular weight excluding hydrogens is 180 g/mol. The van der Waals surface area contributed by atoms with Gasteiger partial charge in [0.1, 0.15) is 0 Å². The zero-order valence-electron chi connectivity index (χ0n) is 11.1. The van der Waals surface area contributed by atoms with Crippen molar-refractivity contribution >= 4 is 0 Å². The zero-order valence-corrected chi connectivity index (χ0v) is 11.1. The van der Waals surface area contributed by atoms with Crippen LogP contribution in [-0.4, -0.2) is 0 Å². The lowest BCUT2D eigenvalue weighted by atomic mass is 10.1. The molecule has 0 fully saturated rings. The summed E-state index contributed by atoms with van der Waals surface area (Å²) in [6.07, 6.45) is 5.15. The molecule has 1 aromatic rings. The van der Waals surface area contributed by atoms with Crippen LogP contribution in [0.3, 0.4) is 0 Å². The zero-order chi connectivity index (χ0) is 11.7. The molecule has 0 amide bonds. The molecule has 0 saturated carbocycles. The number of hydrogen-bond donors (Lipinski definition) is 0. The fraction of sp³-hybridized carbons (Fsp3) is 0.600. The van der Waals surface area contributed by atoms with Crippen molar-refractivity contribution in [1.29, 1.82) is 0 Å². The van der Waals surface area contributed by atoms with Gasteiger partial charge in [-0.15, -0.1) is 0 Å². The maximum atomic E-state index is 2.38. The third-order valence-corrected chi connectivity index (χ3v) is 2.57. The number of aryl methyl sites for hydroxylation is 3. The van der Waals surface area contributed by atoms with Crippen molar-refractivity contribution in [2.45, 2.75) is 60.3 Å². The molecule has 0 aromatic heterocycles. The maximum absolute atomic E-state index is 2.38. The van der Waals surface area contributed by atoms with Crippen LogP contribution in [0.5, 0.6) is 0 Å². The first-order chi connectivity index (χ1) is 7.40. The van der Waals surface area contributed by atoms with Crippen LogP contribution < -0.4 is 0 Å². The molecule has 0 nitrogen and oxygen atoms in total. The van der Waals surface area contributed by atoms with E-state index in [1.54, 1.807) is 11.1 Å². The van der Waals surface area contributed by atoms with E-state index in [9.17, 15) is 0 Å². The summed E-state index contributed by atoms with van der Waals surface area (Å²) in [7, 11) is 0. The largest absolute Gasteiger partial charge is 0.0683 e. The van der Waals surface area contributed by atoms with Crippen molar-refractivity contribution in [2.24, 2.45) is 0 Å². The fourth-order valence-corrected chi connectivity index (χ4v) is 1.85. The Balaban J connectivity index is 0.000000442. The average molecular weight is 206 g/mol. The van der Waals surface area contributed by atoms with Crippen LogP contribution in [-0.2, 0) is 19.3 Å². The van der Waals surface area contributed by atoms with Crippen molar-refractivity contribution in [3.63, 3.8) is 0 Å². The minimum atomic E-state index is 1.17. The number of rotatable bonds is 1. The molecule has 1 aromatic carbocycles.